The normalized spacial score (nSPS) is 12.2. The van der Waals surface area contributed by atoms with Crippen LogP contribution in [0.5, 0.6) is 5.75 Å². The van der Waals surface area contributed by atoms with E-state index in [1.807, 2.05) is 24.3 Å². The van der Waals surface area contributed by atoms with E-state index in [1.165, 1.54) is 11.1 Å². The van der Waals surface area contributed by atoms with Crippen LogP contribution in [0, 0.1) is 0 Å². The maximum Gasteiger partial charge on any atom is 0.118 e. The predicted molar refractivity (Wildman–Crippen MR) is 92.3 cm³/mol. The zero-order chi connectivity index (χ0) is 15.2. The van der Waals surface area contributed by atoms with E-state index in [2.05, 4.69) is 46.4 Å². The predicted octanol–water partition coefficient (Wildman–Crippen LogP) is 5.00. The van der Waals surface area contributed by atoms with Gasteiger partial charge in [-0.15, -0.1) is 0 Å². The van der Waals surface area contributed by atoms with E-state index in [9.17, 15) is 0 Å². The molecule has 1 unspecified atom stereocenters. The largest absolute Gasteiger partial charge is 0.497 e. The second-order valence-corrected chi connectivity index (χ2v) is 6.22. The fraction of sp³-hybridized carbons (Fsp3) is 0.294. The molecule has 0 aromatic heterocycles. The Labute approximate surface area is 139 Å². The molecular formula is C17H19BrClNO. The Balaban J connectivity index is 2.21. The minimum Gasteiger partial charge on any atom is -0.497 e. The Morgan fingerprint density at radius 3 is 2.48 bits per heavy atom. The molecule has 21 heavy (non-hydrogen) atoms. The average Bonchev–Trinajstić information content (AvgIpc) is 2.46. The van der Waals surface area contributed by atoms with Crippen LogP contribution in [0.4, 0.5) is 0 Å². The molecule has 0 fully saturated rings. The van der Waals surface area contributed by atoms with Gasteiger partial charge in [-0.05, 0) is 54.4 Å². The molecule has 0 bridgehead atoms. The lowest BCUT2D eigenvalue weighted by molar-refractivity contribution is 0.414. The smallest absolute Gasteiger partial charge is 0.118 e. The first kappa shape index (κ1) is 16.3. The third-order valence-electron chi connectivity index (χ3n) is 3.34. The summed E-state index contributed by atoms with van der Waals surface area (Å²) in [6, 6.07) is 14.5. The van der Waals surface area contributed by atoms with Crippen LogP contribution in [0.15, 0.2) is 46.9 Å². The van der Waals surface area contributed by atoms with Crippen molar-refractivity contribution in [2.45, 2.75) is 19.4 Å². The van der Waals surface area contributed by atoms with Crippen molar-refractivity contribution in [1.29, 1.82) is 0 Å². The summed E-state index contributed by atoms with van der Waals surface area (Å²) < 4.78 is 6.20. The fourth-order valence-corrected chi connectivity index (χ4v) is 3.21. The molecule has 112 valence electrons. The number of benzene rings is 2. The minimum atomic E-state index is 0.235. The lowest BCUT2D eigenvalue weighted by Crippen LogP contribution is -2.23. The van der Waals surface area contributed by atoms with Gasteiger partial charge in [0, 0.05) is 15.5 Å². The maximum atomic E-state index is 6.16. The van der Waals surface area contributed by atoms with Crippen molar-refractivity contribution in [2.24, 2.45) is 0 Å². The first-order valence-electron chi connectivity index (χ1n) is 6.94. The van der Waals surface area contributed by atoms with Crippen LogP contribution in [0.1, 0.15) is 24.1 Å². The van der Waals surface area contributed by atoms with Gasteiger partial charge in [-0.2, -0.15) is 0 Å². The van der Waals surface area contributed by atoms with Crippen LogP contribution in [0.3, 0.4) is 0 Å². The summed E-state index contributed by atoms with van der Waals surface area (Å²) in [7, 11) is 1.68. The van der Waals surface area contributed by atoms with Crippen molar-refractivity contribution in [2.75, 3.05) is 13.7 Å². The lowest BCUT2D eigenvalue weighted by atomic mass is 9.99. The highest BCUT2D eigenvalue weighted by molar-refractivity contribution is 9.10. The molecule has 1 atom stereocenters. The third-order valence-corrected chi connectivity index (χ3v) is 4.01. The van der Waals surface area contributed by atoms with Gasteiger partial charge in [0.2, 0.25) is 0 Å². The van der Waals surface area contributed by atoms with Crippen LogP contribution >= 0.6 is 27.5 Å². The zero-order valence-corrected chi connectivity index (χ0v) is 14.5. The van der Waals surface area contributed by atoms with Crippen molar-refractivity contribution in [3.63, 3.8) is 0 Å². The van der Waals surface area contributed by atoms with Gasteiger partial charge in [0.05, 0.1) is 7.11 Å². The van der Waals surface area contributed by atoms with Gasteiger partial charge in [-0.1, -0.05) is 46.6 Å². The Morgan fingerprint density at radius 1 is 1.19 bits per heavy atom. The quantitative estimate of drug-likeness (QED) is 0.774. The first-order chi connectivity index (χ1) is 10.1. The molecule has 0 heterocycles. The molecule has 4 heteroatoms. The monoisotopic (exact) mass is 367 g/mol. The SMILES string of the molecule is CCNC(Cc1ccc(OC)cc1)c1cc(Cl)cc(Br)c1. The van der Waals surface area contributed by atoms with Crippen LogP contribution < -0.4 is 10.1 Å². The van der Waals surface area contributed by atoms with E-state index >= 15 is 0 Å². The van der Waals surface area contributed by atoms with Crippen molar-refractivity contribution in [3.8, 4) is 5.75 Å². The average molecular weight is 369 g/mol. The Kier molecular flexibility index (Phi) is 6.09. The summed E-state index contributed by atoms with van der Waals surface area (Å²) in [5.41, 5.74) is 2.45. The molecule has 2 aromatic rings. The number of nitrogens with one attached hydrogen (secondary N) is 1. The molecular weight excluding hydrogens is 350 g/mol. The molecule has 0 saturated heterocycles. The highest BCUT2D eigenvalue weighted by Gasteiger charge is 2.12. The Morgan fingerprint density at radius 2 is 1.90 bits per heavy atom. The number of likely N-dealkylation sites (N-methyl/N-ethyl adjacent to an activating group) is 1. The van der Waals surface area contributed by atoms with Crippen molar-refractivity contribution in [3.05, 3.63) is 63.1 Å². The molecule has 0 aliphatic rings. The summed E-state index contributed by atoms with van der Waals surface area (Å²) in [6.07, 6.45) is 0.907. The Bertz CT molecular complexity index is 566. The summed E-state index contributed by atoms with van der Waals surface area (Å²) in [5.74, 6) is 0.879. The van der Waals surface area contributed by atoms with Crippen LogP contribution in [-0.4, -0.2) is 13.7 Å². The molecule has 1 N–H and O–H groups in total. The van der Waals surface area contributed by atoms with Crippen LogP contribution in [-0.2, 0) is 6.42 Å². The van der Waals surface area contributed by atoms with E-state index in [1.54, 1.807) is 7.11 Å². The standard InChI is InChI=1S/C17H19BrClNO/c1-3-20-17(13-9-14(18)11-15(19)10-13)8-12-4-6-16(21-2)7-5-12/h4-7,9-11,17,20H,3,8H2,1-2H3. The van der Waals surface area contributed by atoms with Gasteiger partial charge in [-0.3, -0.25) is 0 Å². The summed E-state index contributed by atoms with van der Waals surface area (Å²) in [5, 5.41) is 4.27. The third kappa shape index (κ3) is 4.73. The van der Waals surface area contributed by atoms with Gasteiger partial charge in [0.15, 0.2) is 0 Å². The maximum absolute atomic E-state index is 6.16. The molecule has 0 aliphatic carbocycles. The van der Waals surface area contributed by atoms with Crippen molar-refractivity contribution in [1.82, 2.24) is 5.32 Å². The van der Waals surface area contributed by atoms with E-state index in [4.69, 9.17) is 16.3 Å². The van der Waals surface area contributed by atoms with Crippen molar-refractivity contribution < 1.29 is 4.74 Å². The second kappa shape index (κ2) is 7.83. The topological polar surface area (TPSA) is 21.3 Å². The van der Waals surface area contributed by atoms with E-state index in [-0.39, 0.29) is 6.04 Å². The highest BCUT2D eigenvalue weighted by Crippen LogP contribution is 2.26. The van der Waals surface area contributed by atoms with Crippen LogP contribution in [0.25, 0.3) is 0 Å². The lowest BCUT2D eigenvalue weighted by Gasteiger charge is -2.19. The number of rotatable bonds is 6. The molecule has 0 aliphatic heterocycles. The molecule has 2 aromatic carbocycles. The summed E-state index contributed by atoms with van der Waals surface area (Å²) in [6.45, 7) is 3.02. The summed E-state index contributed by atoms with van der Waals surface area (Å²) in [4.78, 5) is 0. The number of ether oxygens (including phenoxy) is 1. The highest BCUT2D eigenvalue weighted by atomic mass is 79.9. The number of methoxy groups -OCH3 is 1. The minimum absolute atomic E-state index is 0.235. The summed E-state index contributed by atoms with van der Waals surface area (Å²) >= 11 is 9.67. The first-order valence-corrected chi connectivity index (χ1v) is 8.11. The van der Waals surface area contributed by atoms with E-state index < -0.39 is 0 Å². The van der Waals surface area contributed by atoms with Crippen LogP contribution in [0.2, 0.25) is 5.02 Å². The number of halogens is 2. The van der Waals surface area contributed by atoms with Gasteiger partial charge < -0.3 is 10.1 Å². The van der Waals surface area contributed by atoms with Crippen molar-refractivity contribution >= 4 is 27.5 Å². The fourth-order valence-electron chi connectivity index (χ4n) is 2.33. The van der Waals surface area contributed by atoms with Gasteiger partial charge in [0.25, 0.3) is 0 Å². The van der Waals surface area contributed by atoms with E-state index in [0.29, 0.717) is 0 Å². The zero-order valence-electron chi connectivity index (χ0n) is 12.2. The van der Waals surface area contributed by atoms with Gasteiger partial charge >= 0.3 is 0 Å². The molecule has 0 radical (unpaired) electrons. The molecule has 0 amide bonds. The number of hydrogen-bond donors (Lipinski definition) is 1. The number of hydrogen-bond acceptors (Lipinski definition) is 2. The molecule has 0 spiro atoms. The van der Waals surface area contributed by atoms with Gasteiger partial charge in [0.1, 0.15) is 5.75 Å². The molecule has 2 nitrogen and oxygen atoms in total. The molecule has 2 rings (SSSR count). The van der Waals surface area contributed by atoms with Gasteiger partial charge in [-0.25, -0.2) is 0 Å². The molecule has 0 saturated carbocycles. The second-order valence-electron chi connectivity index (χ2n) is 4.87. The van der Waals surface area contributed by atoms with E-state index in [0.717, 1.165) is 28.2 Å². The Hall–Kier alpha value is -1.03.